The third kappa shape index (κ3) is 4.22. The summed E-state index contributed by atoms with van der Waals surface area (Å²) in [4.78, 5) is 11.9. The van der Waals surface area contributed by atoms with E-state index in [2.05, 4.69) is 5.32 Å². The fourth-order valence-corrected chi connectivity index (χ4v) is 1.82. The molecule has 3 nitrogen and oxygen atoms in total. The maximum absolute atomic E-state index is 11.9. The second kappa shape index (κ2) is 6.64. The quantitative estimate of drug-likeness (QED) is 0.807. The maximum Gasteiger partial charge on any atom is 0.224 e. The van der Waals surface area contributed by atoms with E-state index in [0.717, 1.165) is 17.7 Å². The molecule has 0 saturated heterocycles. The van der Waals surface area contributed by atoms with Crippen molar-refractivity contribution in [2.45, 2.75) is 32.2 Å². The molecular formula is C14H20ClNO2. The molecule has 0 spiro atoms. The number of hydrogen-bond donors (Lipinski definition) is 1. The SMILES string of the molecule is CCC(C)(CCl)NC(=O)Cc1cccc(OC)c1. The van der Waals surface area contributed by atoms with Crippen LogP contribution in [-0.4, -0.2) is 24.4 Å². The van der Waals surface area contributed by atoms with Crippen LogP contribution in [0.1, 0.15) is 25.8 Å². The lowest BCUT2D eigenvalue weighted by atomic mass is 10.0. The number of ether oxygens (including phenoxy) is 1. The van der Waals surface area contributed by atoms with Crippen LogP contribution in [-0.2, 0) is 11.2 Å². The Labute approximate surface area is 113 Å². The van der Waals surface area contributed by atoms with E-state index in [1.165, 1.54) is 0 Å². The summed E-state index contributed by atoms with van der Waals surface area (Å²) in [5, 5.41) is 2.97. The molecule has 1 rings (SSSR count). The van der Waals surface area contributed by atoms with Crippen LogP contribution >= 0.6 is 11.6 Å². The number of hydrogen-bond acceptors (Lipinski definition) is 2. The van der Waals surface area contributed by atoms with Gasteiger partial charge in [-0.1, -0.05) is 19.1 Å². The summed E-state index contributed by atoms with van der Waals surface area (Å²) in [7, 11) is 1.61. The van der Waals surface area contributed by atoms with Crippen LogP contribution in [0.25, 0.3) is 0 Å². The average Bonchev–Trinajstić information content (AvgIpc) is 2.38. The molecule has 0 fully saturated rings. The second-order valence-electron chi connectivity index (χ2n) is 4.62. The highest BCUT2D eigenvalue weighted by Gasteiger charge is 2.22. The zero-order valence-corrected chi connectivity index (χ0v) is 11.9. The molecule has 1 unspecified atom stereocenters. The first-order chi connectivity index (χ1) is 8.53. The van der Waals surface area contributed by atoms with Crippen LogP contribution < -0.4 is 10.1 Å². The molecule has 0 radical (unpaired) electrons. The van der Waals surface area contributed by atoms with Crippen molar-refractivity contribution in [2.24, 2.45) is 0 Å². The van der Waals surface area contributed by atoms with E-state index in [4.69, 9.17) is 16.3 Å². The van der Waals surface area contributed by atoms with Gasteiger partial charge in [-0.25, -0.2) is 0 Å². The van der Waals surface area contributed by atoms with Crippen molar-refractivity contribution in [3.63, 3.8) is 0 Å². The predicted molar refractivity (Wildman–Crippen MR) is 74.3 cm³/mol. The number of carbonyl (C=O) groups is 1. The minimum atomic E-state index is -0.336. The predicted octanol–water partition coefficient (Wildman–Crippen LogP) is 2.76. The average molecular weight is 270 g/mol. The molecule has 0 saturated carbocycles. The number of alkyl halides is 1. The van der Waals surface area contributed by atoms with Crippen LogP contribution in [0.5, 0.6) is 5.75 Å². The lowest BCUT2D eigenvalue weighted by Crippen LogP contribution is -2.47. The van der Waals surface area contributed by atoms with Crippen LogP contribution in [0.2, 0.25) is 0 Å². The molecule has 100 valence electrons. The number of carbonyl (C=O) groups excluding carboxylic acids is 1. The van der Waals surface area contributed by atoms with E-state index in [1.54, 1.807) is 7.11 Å². The minimum Gasteiger partial charge on any atom is -0.497 e. The van der Waals surface area contributed by atoms with Gasteiger partial charge < -0.3 is 10.1 Å². The molecule has 1 N–H and O–H groups in total. The van der Waals surface area contributed by atoms with E-state index >= 15 is 0 Å². The maximum atomic E-state index is 11.9. The fourth-order valence-electron chi connectivity index (χ4n) is 1.56. The van der Waals surface area contributed by atoms with Crippen LogP contribution in [0.3, 0.4) is 0 Å². The van der Waals surface area contributed by atoms with Gasteiger partial charge in [-0.2, -0.15) is 0 Å². The molecule has 1 atom stereocenters. The molecule has 0 aromatic heterocycles. The van der Waals surface area contributed by atoms with Crippen LogP contribution in [0.15, 0.2) is 24.3 Å². The summed E-state index contributed by atoms with van der Waals surface area (Å²) in [6, 6.07) is 7.51. The minimum absolute atomic E-state index is 0.0201. The lowest BCUT2D eigenvalue weighted by molar-refractivity contribution is -0.122. The van der Waals surface area contributed by atoms with Gasteiger partial charge in [0.15, 0.2) is 0 Å². The standard InChI is InChI=1S/C14H20ClNO2/c1-4-14(2,10-15)16-13(17)9-11-6-5-7-12(8-11)18-3/h5-8H,4,9-10H2,1-3H3,(H,16,17). The van der Waals surface area contributed by atoms with Crippen molar-refractivity contribution in [2.75, 3.05) is 13.0 Å². The van der Waals surface area contributed by atoms with Gasteiger partial charge in [0, 0.05) is 5.88 Å². The Morgan fingerprint density at radius 3 is 2.78 bits per heavy atom. The Kier molecular flexibility index (Phi) is 5.48. The van der Waals surface area contributed by atoms with E-state index in [9.17, 15) is 4.79 Å². The number of methoxy groups -OCH3 is 1. The van der Waals surface area contributed by atoms with Gasteiger partial charge in [0.05, 0.1) is 19.1 Å². The van der Waals surface area contributed by atoms with Gasteiger partial charge >= 0.3 is 0 Å². The molecule has 0 heterocycles. The zero-order valence-electron chi connectivity index (χ0n) is 11.1. The highest BCUT2D eigenvalue weighted by molar-refractivity contribution is 6.18. The van der Waals surface area contributed by atoms with Crippen molar-refractivity contribution in [1.82, 2.24) is 5.32 Å². The summed E-state index contributed by atoms with van der Waals surface area (Å²) in [6.07, 6.45) is 1.14. The van der Waals surface area contributed by atoms with Gasteiger partial charge in [-0.05, 0) is 31.0 Å². The molecule has 0 aliphatic carbocycles. The Balaban J connectivity index is 2.64. The van der Waals surface area contributed by atoms with Gasteiger partial charge in [0.1, 0.15) is 5.75 Å². The molecule has 0 aliphatic heterocycles. The number of amides is 1. The van der Waals surface area contributed by atoms with Gasteiger partial charge in [-0.15, -0.1) is 11.6 Å². The highest BCUT2D eigenvalue weighted by Crippen LogP contribution is 2.15. The van der Waals surface area contributed by atoms with E-state index < -0.39 is 0 Å². The Bertz CT molecular complexity index is 403. The normalized spacial score (nSPS) is 13.8. The summed E-state index contributed by atoms with van der Waals surface area (Å²) in [6.45, 7) is 3.96. The Hall–Kier alpha value is -1.22. The topological polar surface area (TPSA) is 38.3 Å². The first kappa shape index (κ1) is 14.8. The fraction of sp³-hybridized carbons (Fsp3) is 0.500. The molecule has 4 heteroatoms. The molecular weight excluding hydrogens is 250 g/mol. The van der Waals surface area contributed by atoms with Crippen molar-refractivity contribution < 1.29 is 9.53 Å². The Morgan fingerprint density at radius 2 is 2.22 bits per heavy atom. The molecule has 1 aromatic carbocycles. The van der Waals surface area contributed by atoms with E-state index in [-0.39, 0.29) is 11.4 Å². The van der Waals surface area contributed by atoms with Gasteiger partial charge in [-0.3, -0.25) is 4.79 Å². The molecule has 0 bridgehead atoms. The first-order valence-electron chi connectivity index (χ1n) is 6.03. The largest absolute Gasteiger partial charge is 0.497 e. The Morgan fingerprint density at radius 1 is 1.50 bits per heavy atom. The van der Waals surface area contributed by atoms with Gasteiger partial charge in [0.2, 0.25) is 5.91 Å². The monoisotopic (exact) mass is 269 g/mol. The summed E-state index contributed by atoms with van der Waals surface area (Å²) in [5.74, 6) is 1.15. The number of nitrogens with one attached hydrogen (secondary N) is 1. The molecule has 1 amide bonds. The van der Waals surface area contributed by atoms with E-state index in [1.807, 2.05) is 38.1 Å². The molecule has 0 aliphatic rings. The number of halogens is 1. The van der Waals surface area contributed by atoms with Crippen molar-refractivity contribution in [3.05, 3.63) is 29.8 Å². The summed E-state index contributed by atoms with van der Waals surface area (Å²) in [5.41, 5.74) is 0.595. The van der Waals surface area contributed by atoms with Crippen LogP contribution in [0.4, 0.5) is 0 Å². The lowest BCUT2D eigenvalue weighted by Gasteiger charge is -2.27. The third-order valence-electron chi connectivity index (χ3n) is 3.02. The summed E-state index contributed by atoms with van der Waals surface area (Å²) >= 11 is 5.87. The zero-order chi connectivity index (χ0) is 13.6. The summed E-state index contributed by atoms with van der Waals surface area (Å²) < 4.78 is 5.13. The van der Waals surface area contributed by atoms with E-state index in [0.29, 0.717) is 12.3 Å². The first-order valence-corrected chi connectivity index (χ1v) is 6.56. The van der Waals surface area contributed by atoms with Crippen LogP contribution in [0, 0.1) is 0 Å². The van der Waals surface area contributed by atoms with Crippen molar-refractivity contribution in [3.8, 4) is 5.75 Å². The third-order valence-corrected chi connectivity index (χ3v) is 3.61. The van der Waals surface area contributed by atoms with Gasteiger partial charge in [0.25, 0.3) is 0 Å². The molecule has 1 aromatic rings. The van der Waals surface area contributed by atoms with Crippen molar-refractivity contribution >= 4 is 17.5 Å². The number of benzene rings is 1. The van der Waals surface area contributed by atoms with Crippen molar-refractivity contribution in [1.29, 1.82) is 0 Å². The smallest absolute Gasteiger partial charge is 0.224 e. The number of rotatable bonds is 6. The second-order valence-corrected chi connectivity index (χ2v) is 4.89. The molecule has 18 heavy (non-hydrogen) atoms. The highest BCUT2D eigenvalue weighted by atomic mass is 35.5.